The molecule has 0 fully saturated rings. The highest BCUT2D eigenvalue weighted by Crippen LogP contribution is 2.38. The molecule has 1 amide bonds. The van der Waals surface area contributed by atoms with Crippen molar-refractivity contribution >= 4 is 11.9 Å². The second-order valence-electron chi connectivity index (χ2n) is 7.36. The molecule has 1 aliphatic heterocycles. The summed E-state index contributed by atoms with van der Waals surface area (Å²) < 4.78 is 45.2. The Balaban J connectivity index is 1.98. The first-order valence-electron chi connectivity index (χ1n) is 8.57. The zero-order chi connectivity index (χ0) is 19.8. The number of hydrogen-bond acceptors (Lipinski definition) is 4. The van der Waals surface area contributed by atoms with Crippen LogP contribution >= 0.6 is 0 Å². The number of carbonyl (C=O) groups is 1. The third-order valence-electron chi connectivity index (χ3n) is 4.08. The highest BCUT2D eigenvalue weighted by molar-refractivity contribution is 5.88. The lowest BCUT2D eigenvalue weighted by Crippen LogP contribution is -2.40. The van der Waals surface area contributed by atoms with E-state index in [1.54, 1.807) is 26.8 Å². The van der Waals surface area contributed by atoms with Gasteiger partial charge in [0.05, 0.1) is 5.56 Å². The van der Waals surface area contributed by atoms with Crippen LogP contribution in [0.4, 0.5) is 23.8 Å². The zero-order valence-electron chi connectivity index (χ0n) is 15.3. The second kappa shape index (κ2) is 6.83. The van der Waals surface area contributed by atoms with Crippen LogP contribution in [-0.2, 0) is 17.3 Å². The fourth-order valence-corrected chi connectivity index (χ4v) is 2.98. The number of carbonyl (C=O) groups excluding carboxylic acids is 1. The molecule has 0 unspecified atom stereocenters. The number of rotatable bonds is 1. The number of hydrogen-bond donors (Lipinski definition) is 0. The number of ether oxygens (including phenoxy) is 1. The number of anilines is 1. The molecule has 0 radical (unpaired) electrons. The molecule has 3 rings (SSSR count). The molecule has 0 atom stereocenters. The molecule has 2 aromatic rings. The van der Waals surface area contributed by atoms with Crippen molar-refractivity contribution in [1.29, 1.82) is 0 Å². The minimum absolute atomic E-state index is 0.0327. The van der Waals surface area contributed by atoms with Crippen LogP contribution in [0.1, 0.15) is 38.3 Å². The monoisotopic (exact) mass is 379 g/mol. The molecule has 27 heavy (non-hydrogen) atoms. The number of halogens is 3. The lowest BCUT2D eigenvalue weighted by molar-refractivity contribution is -0.137. The number of aromatic nitrogens is 2. The van der Waals surface area contributed by atoms with Gasteiger partial charge in [-0.15, -0.1) is 0 Å². The minimum Gasteiger partial charge on any atom is -0.443 e. The van der Waals surface area contributed by atoms with E-state index in [4.69, 9.17) is 4.74 Å². The smallest absolute Gasteiger partial charge is 0.417 e. The average Bonchev–Trinajstić information content (AvgIpc) is 2.58. The van der Waals surface area contributed by atoms with E-state index in [1.165, 1.54) is 17.3 Å². The van der Waals surface area contributed by atoms with Crippen LogP contribution in [0.3, 0.4) is 0 Å². The van der Waals surface area contributed by atoms with Gasteiger partial charge < -0.3 is 4.74 Å². The Labute approximate surface area is 155 Å². The Morgan fingerprint density at radius 2 is 1.96 bits per heavy atom. The zero-order valence-corrected chi connectivity index (χ0v) is 15.3. The maximum Gasteiger partial charge on any atom is 0.417 e. The van der Waals surface area contributed by atoms with Crippen molar-refractivity contribution in [3.8, 4) is 11.1 Å². The molecule has 5 nitrogen and oxygen atoms in total. The molecule has 0 bridgehead atoms. The third-order valence-corrected chi connectivity index (χ3v) is 4.08. The van der Waals surface area contributed by atoms with Crippen molar-refractivity contribution < 1.29 is 22.7 Å². The predicted octanol–water partition coefficient (Wildman–Crippen LogP) is 4.85. The molecule has 8 heteroatoms. The van der Waals surface area contributed by atoms with E-state index in [-0.39, 0.29) is 5.56 Å². The molecule has 0 aliphatic carbocycles. The van der Waals surface area contributed by atoms with Crippen molar-refractivity contribution in [3.05, 3.63) is 41.9 Å². The van der Waals surface area contributed by atoms with Crippen molar-refractivity contribution in [2.75, 3.05) is 11.4 Å². The average molecular weight is 379 g/mol. The topological polar surface area (TPSA) is 55.3 Å². The maximum atomic E-state index is 13.3. The van der Waals surface area contributed by atoms with Gasteiger partial charge in [-0.25, -0.2) is 9.78 Å². The van der Waals surface area contributed by atoms with E-state index in [0.717, 1.165) is 12.3 Å². The normalized spacial score (nSPS) is 14.7. The van der Waals surface area contributed by atoms with E-state index in [0.29, 0.717) is 36.3 Å². The summed E-state index contributed by atoms with van der Waals surface area (Å²) >= 11 is 0. The molecule has 144 valence electrons. The van der Waals surface area contributed by atoms with E-state index >= 15 is 0 Å². The molecular weight excluding hydrogens is 359 g/mol. The summed E-state index contributed by atoms with van der Waals surface area (Å²) in [5.74, 6) is 0.427. The summed E-state index contributed by atoms with van der Waals surface area (Å²) in [5, 5.41) is 0. The van der Waals surface area contributed by atoms with Gasteiger partial charge in [0.1, 0.15) is 11.4 Å². The Bertz CT molecular complexity index is 860. The van der Waals surface area contributed by atoms with E-state index in [9.17, 15) is 18.0 Å². The van der Waals surface area contributed by atoms with Crippen LogP contribution < -0.4 is 4.90 Å². The molecule has 0 spiro atoms. The van der Waals surface area contributed by atoms with Gasteiger partial charge in [0.25, 0.3) is 0 Å². The first-order chi connectivity index (χ1) is 12.6. The standard InChI is InChI=1S/C19H20F3N3O2/c1-18(2,3)27-17(26)25-8-4-5-12-9-13(10-24-16(12)25)14-11-23-7-6-15(14)19(20,21)22/h6-7,9-11H,4-5,8H2,1-3H3. The van der Waals surface area contributed by atoms with Gasteiger partial charge in [-0.1, -0.05) is 0 Å². The summed E-state index contributed by atoms with van der Waals surface area (Å²) in [7, 11) is 0. The predicted molar refractivity (Wildman–Crippen MR) is 94.4 cm³/mol. The summed E-state index contributed by atoms with van der Waals surface area (Å²) in [5.41, 5.74) is -0.415. The first kappa shape index (κ1) is 19.1. The Morgan fingerprint density at radius 1 is 1.22 bits per heavy atom. The first-order valence-corrected chi connectivity index (χ1v) is 8.57. The molecule has 2 aromatic heterocycles. The van der Waals surface area contributed by atoms with Crippen LogP contribution in [0.15, 0.2) is 30.7 Å². The fraction of sp³-hybridized carbons (Fsp3) is 0.421. The van der Waals surface area contributed by atoms with Gasteiger partial charge >= 0.3 is 12.3 Å². The number of nitrogens with zero attached hydrogens (tertiary/aromatic N) is 3. The minimum atomic E-state index is -4.49. The lowest BCUT2D eigenvalue weighted by Gasteiger charge is -2.31. The van der Waals surface area contributed by atoms with Crippen molar-refractivity contribution in [3.63, 3.8) is 0 Å². The number of fused-ring (bicyclic) bond motifs is 1. The van der Waals surface area contributed by atoms with E-state index < -0.39 is 23.4 Å². The van der Waals surface area contributed by atoms with Gasteiger partial charge in [0, 0.05) is 36.3 Å². The fourth-order valence-electron chi connectivity index (χ4n) is 2.98. The van der Waals surface area contributed by atoms with Gasteiger partial charge in [-0.05, 0) is 51.3 Å². The van der Waals surface area contributed by atoms with Crippen LogP contribution in [0.2, 0.25) is 0 Å². The van der Waals surface area contributed by atoms with Crippen LogP contribution in [-0.4, -0.2) is 28.2 Å². The lowest BCUT2D eigenvalue weighted by atomic mass is 9.98. The molecule has 3 heterocycles. The second-order valence-corrected chi connectivity index (χ2v) is 7.36. The Hall–Kier alpha value is -2.64. The molecule has 0 N–H and O–H groups in total. The van der Waals surface area contributed by atoms with Crippen LogP contribution in [0.5, 0.6) is 0 Å². The summed E-state index contributed by atoms with van der Waals surface area (Å²) in [6, 6.07) is 2.59. The quantitative estimate of drug-likeness (QED) is 0.711. The highest BCUT2D eigenvalue weighted by atomic mass is 19.4. The van der Waals surface area contributed by atoms with Gasteiger partial charge in [-0.2, -0.15) is 13.2 Å². The maximum absolute atomic E-state index is 13.3. The van der Waals surface area contributed by atoms with Gasteiger partial charge in [-0.3, -0.25) is 9.88 Å². The van der Waals surface area contributed by atoms with Crippen LogP contribution in [0.25, 0.3) is 11.1 Å². The SMILES string of the molecule is CC(C)(C)OC(=O)N1CCCc2cc(-c3cnccc3C(F)(F)F)cnc21. The summed E-state index contributed by atoms with van der Waals surface area (Å²) in [4.78, 5) is 22.0. The number of amides is 1. The number of aryl methyl sites for hydroxylation is 1. The van der Waals surface area contributed by atoms with Crippen molar-refractivity contribution in [2.45, 2.75) is 45.4 Å². The number of pyridine rings is 2. The van der Waals surface area contributed by atoms with Crippen molar-refractivity contribution in [2.24, 2.45) is 0 Å². The molecule has 0 aromatic carbocycles. The van der Waals surface area contributed by atoms with Gasteiger partial charge in [0.15, 0.2) is 0 Å². The van der Waals surface area contributed by atoms with E-state index in [2.05, 4.69) is 9.97 Å². The summed E-state index contributed by atoms with van der Waals surface area (Å²) in [6.45, 7) is 5.77. The molecule has 0 saturated heterocycles. The third kappa shape index (κ3) is 4.20. The van der Waals surface area contributed by atoms with E-state index in [1.807, 2.05) is 0 Å². The number of alkyl halides is 3. The summed E-state index contributed by atoms with van der Waals surface area (Å²) in [6.07, 6.45) is -0.0673. The van der Waals surface area contributed by atoms with Crippen molar-refractivity contribution in [1.82, 2.24) is 9.97 Å². The van der Waals surface area contributed by atoms with Crippen LogP contribution in [0, 0.1) is 0 Å². The molecule has 0 saturated carbocycles. The Kier molecular flexibility index (Phi) is 4.84. The largest absolute Gasteiger partial charge is 0.443 e. The molecule has 1 aliphatic rings. The molecular formula is C19H20F3N3O2. The van der Waals surface area contributed by atoms with Gasteiger partial charge in [0.2, 0.25) is 0 Å². The highest BCUT2D eigenvalue weighted by Gasteiger charge is 2.34. The Morgan fingerprint density at radius 3 is 2.63 bits per heavy atom.